The van der Waals surface area contributed by atoms with Crippen LogP contribution in [0.2, 0.25) is 0 Å². The lowest BCUT2D eigenvalue weighted by molar-refractivity contribution is 0.414. The van der Waals surface area contributed by atoms with Crippen molar-refractivity contribution in [2.24, 2.45) is 4.99 Å². The van der Waals surface area contributed by atoms with Crippen LogP contribution in [0.1, 0.15) is 24.3 Å². The fourth-order valence-electron chi connectivity index (χ4n) is 2.42. The molecule has 0 fully saturated rings. The monoisotopic (exact) mass is 305 g/mol. The van der Waals surface area contributed by atoms with E-state index in [0.717, 1.165) is 22.8 Å². The van der Waals surface area contributed by atoms with Crippen LogP contribution in [-0.4, -0.2) is 13.3 Å². The quantitative estimate of drug-likeness (QED) is 0.612. The van der Waals surface area contributed by atoms with E-state index in [1.807, 2.05) is 54.6 Å². The average Bonchev–Trinajstić information content (AvgIpc) is 3.09. The first-order chi connectivity index (χ1) is 11.3. The Kier molecular flexibility index (Phi) is 4.57. The van der Waals surface area contributed by atoms with Gasteiger partial charge in [0.25, 0.3) is 0 Å². The maximum atomic E-state index is 5.87. The molecule has 0 N–H and O–H groups in total. The molecule has 0 amide bonds. The van der Waals surface area contributed by atoms with E-state index in [9.17, 15) is 0 Å². The van der Waals surface area contributed by atoms with E-state index in [1.165, 1.54) is 5.56 Å². The summed E-state index contributed by atoms with van der Waals surface area (Å²) >= 11 is 0. The van der Waals surface area contributed by atoms with Crippen LogP contribution in [-0.2, 0) is 0 Å². The molecular weight excluding hydrogens is 286 g/mol. The molecule has 0 aliphatic carbocycles. The molecule has 1 unspecified atom stereocenters. The number of aliphatic imine (C=N–C) groups is 1. The van der Waals surface area contributed by atoms with Crippen LogP contribution in [0.15, 0.2) is 76.1 Å². The van der Waals surface area contributed by atoms with Gasteiger partial charge in [0.05, 0.1) is 24.9 Å². The van der Waals surface area contributed by atoms with E-state index in [4.69, 9.17) is 9.15 Å². The molecule has 0 aliphatic rings. The van der Waals surface area contributed by atoms with Crippen molar-refractivity contribution in [1.82, 2.24) is 0 Å². The van der Waals surface area contributed by atoms with E-state index < -0.39 is 0 Å². The van der Waals surface area contributed by atoms with E-state index >= 15 is 0 Å². The highest BCUT2D eigenvalue weighted by molar-refractivity contribution is 5.78. The molecule has 0 spiro atoms. The summed E-state index contributed by atoms with van der Waals surface area (Å²) in [4.78, 5) is 4.56. The van der Waals surface area contributed by atoms with Gasteiger partial charge in [-0.25, -0.2) is 0 Å². The number of benzene rings is 2. The second-order valence-corrected chi connectivity index (χ2v) is 5.27. The first-order valence-corrected chi connectivity index (χ1v) is 7.59. The Morgan fingerprint density at radius 1 is 0.957 bits per heavy atom. The Labute approximate surface area is 136 Å². The summed E-state index contributed by atoms with van der Waals surface area (Å²) in [7, 11) is 1.66. The lowest BCUT2D eigenvalue weighted by atomic mass is 10.1. The lowest BCUT2D eigenvalue weighted by Crippen LogP contribution is -1.89. The van der Waals surface area contributed by atoms with Crippen LogP contribution in [0.5, 0.6) is 5.75 Å². The maximum absolute atomic E-state index is 5.87. The lowest BCUT2D eigenvalue weighted by Gasteiger charge is -2.05. The highest BCUT2D eigenvalue weighted by Crippen LogP contribution is 2.30. The molecule has 0 aliphatic heterocycles. The SMILES string of the molecule is COc1ccccc1-c1ccc(C=NC(C)c2ccccc2)o1. The van der Waals surface area contributed by atoms with Gasteiger partial charge in [0.1, 0.15) is 17.3 Å². The number of rotatable bonds is 5. The van der Waals surface area contributed by atoms with Crippen molar-refractivity contribution in [3.05, 3.63) is 78.1 Å². The molecule has 23 heavy (non-hydrogen) atoms. The average molecular weight is 305 g/mol. The highest BCUT2D eigenvalue weighted by Gasteiger charge is 2.09. The van der Waals surface area contributed by atoms with Crippen molar-refractivity contribution in [1.29, 1.82) is 0 Å². The fourth-order valence-corrected chi connectivity index (χ4v) is 2.42. The van der Waals surface area contributed by atoms with Crippen LogP contribution < -0.4 is 4.74 Å². The molecule has 1 heterocycles. The van der Waals surface area contributed by atoms with Crippen molar-refractivity contribution >= 4 is 6.21 Å². The van der Waals surface area contributed by atoms with Gasteiger partial charge in [-0.15, -0.1) is 0 Å². The highest BCUT2D eigenvalue weighted by atomic mass is 16.5. The third-order valence-electron chi connectivity index (χ3n) is 3.71. The number of ether oxygens (including phenoxy) is 1. The molecule has 116 valence electrons. The van der Waals surface area contributed by atoms with Gasteiger partial charge in [-0.05, 0) is 36.8 Å². The molecule has 3 aromatic rings. The first kappa shape index (κ1) is 15.1. The van der Waals surface area contributed by atoms with Gasteiger partial charge in [-0.1, -0.05) is 42.5 Å². The van der Waals surface area contributed by atoms with E-state index in [-0.39, 0.29) is 6.04 Å². The van der Waals surface area contributed by atoms with Gasteiger partial charge in [0.15, 0.2) is 0 Å². The molecule has 1 atom stereocenters. The number of nitrogens with zero attached hydrogens (tertiary/aromatic N) is 1. The molecule has 3 rings (SSSR count). The summed E-state index contributed by atoms with van der Waals surface area (Å²) in [5.41, 5.74) is 2.12. The topological polar surface area (TPSA) is 34.7 Å². The Bertz CT molecular complexity index is 790. The van der Waals surface area contributed by atoms with Crippen molar-refractivity contribution in [3.63, 3.8) is 0 Å². The number of hydrogen-bond acceptors (Lipinski definition) is 3. The second-order valence-electron chi connectivity index (χ2n) is 5.27. The molecule has 2 aromatic carbocycles. The van der Waals surface area contributed by atoms with Crippen molar-refractivity contribution < 1.29 is 9.15 Å². The minimum atomic E-state index is 0.0935. The summed E-state index contributed by atoms with van der Waals surface area (Å²) in [5.74, 6) is 2.30. The van der Waals surface area contributed by atoms with Crippen LogP contribution in [0.4, 0.5) is 0 Å². The molecule has 0 saturated carbocycles. The molecule has 1 aromatic heterocycles. The van der Waals surface area contributed by atoms with Crippen LogP contribution in [0.25, 0.3) is 11.3 Å². The standard InChI is InChI=1S/C20H19NO2/c1-15(16-8-4-3-5-9-16)21-14-17-12-13-20(23-17)18-10-6-7-11-19(18)22-2/h3-15H,1-2H3. The zero-order valence-corrected chi connectivity index (χ0v) is 13.3. The van der Waals surface area contributed by atoms with E-state index in [2.05, 4.69) is 24.0 Å². The van der Waals surface area contributed by atoms with Crippen molar-refractivity contribution in [2.75, 3.05) is 7.11 Å². The Morgan fingerprint density at radius 2 is 1.70 bits per heavy atom. The normalized spacial score (nSPS) is 12.4. The predicted octanol–water partition coefficient (Wildman–Crippen LogP) is 5.14. The Balaban J connectivity index is 1.78. The largest absolute Gasteiger partial charge is 0.496 e. The van der Waals surface area contributed by atoms with Crippen LogP contribution in [0.3, 0.4) is 0 Å². The molecular formula is C20H19NO2. The minimum absolute atomic E-state index is 0.0935. The molecule has 3 nitrogen and oxygen atoms in total. The summed E-state index contributed by atoms with van der Waals surface area (Å²) in [6, 6.07) is 21.9. The third-order valence-corrected chi connectivity index (χ3v) is 3.71. The summed E-state index contributed by atoms with van der Waals surface area (Å²) < 4.78 is 11.2. The second kappa shape index (κ2) is 6.97. The zero-order valence-electron chi connectivity index (χ0n) is 13.3. The maximum Gasteiger partial charge on any atom is 0.145 e. The third kappa shape index (κ3) is 3.51. The zero-order chi connectivity index (χ0) is 16.1. The number of hydrogen-bond donors (Lipinski definition) is 0. The van der Waals surface area contributed by atoms with Crippen molar-refractivity contribution in [2.45, 2.75) is 13.0 Å². The van der Waals surface area contributed by atoms with Gasteiger partial charge in [-0.2, -0.15) is 0 Å². The Morgan fingerprint density at radius 3 is 2.48 bits per heavy atom. The van der Waals surface area contributed by atoms with Crippen molar-refractivity contribution in [3.8, 4) is 17.1 Å². The Hall–Kier alpha value is -2.81. The van der Waals surface area contributed by atoms with E-state index in [0.29, 0.717) is 0 Å². The van der Waals surface area contributed by atoms with Crippen LogP contribution in [0, 0.1) is 0 Å². The number of para-hydroxylation sites is 1. The molecule has 0 bridgehead atoms. The first-order valence-electron chi connectivity index (χ1n) is 7.59. The molecule has 0 radical (unpaired) electrons. The number of furan rings is 1. The van der Waals surface area contributed by atoms with Gasteiger partial charge >= 0.3 is 0 Å². The van der Waals surface area contributed by atoms with Gasteiger partial charge < -0.3 is 9.15 Å². The summed E-state index contributed by atoms with van der Waals surface area (Å²) in [5, 5.41) is 0. The summed E-state index contributed by atoms with van der Waals surface area (Å²) in [6.45, 7) is 2.07. The summed E-state index contributed by atoms with van der Waals surface area (Å²) in [6.07, 6.45) is 1.77. The van der Waals surface area contributed by atoms with Gasteiger partial charge in [0, 0.05) is 0 Å². The smallest absolute Gasteiger partial charge is 0.145 e. The van der Waals surface area contributed by atoms with Gasteiger partial charge in [-0.3, -0.25) is 4.99 Å². The van der Waals surface area contributed by atoms with Gasteiger partial charge in [0.2, 0.25) is 0 Å². The molecule has 3 heteroatoms. The minimum Gasteiger partial charge on any atom is -0.496 e. The fraction of sp³-hybridized carbons (Fsp3) is 0.150. The number of methoxy groups -OCH3 is 1. The predicted molar refractivity (Wildman–Crippen MR) is 93.1 cm³/mol. The molecule has 0 saturated heterocycles. The van der Waals surface area contributed by atoms with E-state index in [1.54, 1.807) is 13.3 Å². The van der Waals surface area contributed by atoms with Crippen LogP contribution >= 0.6 is 0 Å².